The maximum atomic E-state index is 13.2. The minimum Gasteiger partial charge on any atom is -0.383 e. The van der Waals surface area contributed by atoms with Crippen molar-refractivity contribution in [2.24, 2.45) is 4.99 Å². The van der Waals surface area contributed by atoms with Crippen LogP contribution in [-0.4, -0.2) is 30.7 Å². The number of rotatable bonds is 7. The molecule has 3 rings (SSSR count). The van der Waals surface area contributed by atoms with Gasteiger partial charge < -0.3 is 15.7 Å². The average Bonchev–Trinajstić information content (AvgIpc) is 3.19. The third kappa shape index (κ3) is 5.65. The van der Waals surface area contributed by atoms with Crippen molar-refractivity contribution in [2.75, 3.05) is 19.6 Å². The molecular formula is C20H27FIN3OS. The Morgan fingerprint density at radius 2 is 1.96 bits per heavy atom. The minimum absolute atomic E-state index is 0. The molecule has 0 saturated heterocycles. The second-order valence-electron chi connectivity index (χ2n) is 7.12. The second-order valence-corrected chi connectivity index (χ2v) is 7.90. The Labute approximate surface area is 181 Å². The van der Waals surface area contributed by atoms with Gasteiger partial charge in [-0.2, -0.15) is 11.3 Å². The number of halogens is 2. The van der Waals surface area contributed by atoms with Crippen LogP contribution in [0.4, 0.5) is 4.39 Å². The van der Waals surface area contributed by atoms with E-state index in [1.165, 1.54) is 12.1 Å². The van der Waals surface area contributed by atoms with Crippen molar-refractivity contribution in [2.45, 2.75) is 37.7 Å². The van der Waals surface area contributed by atoms with Crippen molar-refractivity contribution < 1.29 is 9.50 Å². The monoisotopic (exact) mass is 503 g/mol. The SMILES string of the molecule is CCNC(=NCC(C)(O)c1ccsc1)NCC1(c2ccc(F)cc2)CC1.I. The van der Waals surface area contributed by atoms with Crippen LogP contribution in [-0.2, 0) is 11.0 Å². The lowest BCUT2D eigenvalue weighted by Gasteiger charge is -2.22. The van der Waals surface area contributed by atoms with Gasteiger partial charge in [-0.05, 0) is 66.8 Å². The molecule has 7 heteroatoms. The highest BCUT2D eigenvalue weighted by Gasteiger charge is 2.44. The van der Waals surface area contributed by atoms with E-state index < -0.39 is 5.60 Å². The molecule has 1 saturated carbocycles. The first-order chi connectivity index (χ1) is 12.5. The lowest BCUT2D eigenvalue weighted by molar-refractivity contribution is 0.0677. The van der Waals surface area contributed by atoms with E-state index in [1.54, 1.807) is 18.3 Å². The van der Waals surface area contributed by atoms with Gasteiger partial charge in [-0.15, -0.1) is 24.0 Å². The van der Waals surface area contributed by atoms with E-state index in [0.29, 0.717) is 5.96 Å². The van der Waals surface area contributed by atoms with Crippen LogP contribution >= 0.6 is 35.3 Å². The van der Waals surface area contributed by atoms with Crippen LogP contribution < -0.4 is 10.6 Å². The highest BCUT2D eigenvalue weighted by molar-refractivity contribution is 14.0. The molecule has 27 heavy (non-hydrogen) atoms. The molecule has 0 aliphatic heterocycles. The van der Waals surface area contributed by atoms with Gasteiger partial charge in [-0.3, -0.25) is 0 Å². The summed E-state index contributed by atoms with van der Waals surface area (Å²) in [5, 5.41) is 21.2. The number of hydrogen-bond donors (Lipinski definition) is 3. The summed E-state index contributed by atoms with van der Waals surface area (Å²) in [6, 6.07) is 8.71. The van der Waals surface area contributed by atoms with Gasteiger partial charge in [0, 0.05) is 18.5 Å². The zero-order valence-electron chi connectivity index (χ0n) is 15.7. The minimum atomic E-state index is -0.990. The van der Waals surface area contributed by atoms with Crippen molar-refractivity contribution in [1.82, 2.24) is 10.6 Å². The second kappa shape index (κ2) is 9.34. The molecule has 1 aromatic heterocycles. The number of aliphatic imine (C=N–C) groups is 1. The number of nitrogens with one attached hydrogen (secondary N) is 2. The van der Waals surface area contributed by atoms with Crippen molar-refractivity contribution in [3.8, 4) is 0 Å². The quantitative estimate of drug-likeness (QED) is 0.304. The molecule has 1 heterocycles. The molecule has 0 spiro atoms. The fourth-order valence-electron chi connectivity index (χ4n) is 3.01. The Bertz CT molecular complexity index is 743. The van der Waals surface area contributed by atoms with Gasteiger partial charge in [0.25, 0.3) is 0 Å². The molecule has 0 amide bonds. The molecule has 0 radical (unpaired) electrons. The third-order valence-electron chi connectivity index (χ3n) is 4.94. The fraction of sp³-hybridized carbons (Fsp3) is 0.450. The Kier molecular flexibility index (Phi) is 7.64. The Hall–Kier alpha value is -1.19. The van der Waals surface area contributed by atoms with Gasteiger partial charge in [0.15, 0.2) is 5.96 Å². The molecule has 4 nitrogen and oxygen atoms in total. The summed E-state index contributed by atoms with van der Waals surface area (Å²) in [6.07, 6.45) is 2.16. The Morgan fingerprint density at radius 3 is 2.52 bits per heavy atom. The summed E-state index contributed by atoms with van der Waals surface area (Å²) in [5.41, 5.74) is 1.11. The number of aliphatic hydroxyl groups is 1. The topological polar surface area (TPSA) is 56.7 Å². The Balaban J connectivity index is 0.00000261. The van der Waals surface area contributed by atoms with E-state index in [2.05, 4.69) is 15.6 Å². The normalized spacial score (nSPS) is 17.6. The number of guanidine groups is 1. The van der Waals surface area contributed by atoms with E-state index in [4.69, 9.17) is 0 Å². The van der Waals surface area contributed by atoms with Crippen LogP contribution in [0.15, 0.2) is 46.1 Å². The molecule has 1 aliphatic carbocycles. The predicted octanol–water partition coefficient (Wildman–Crippen LogP) is 4.00. The van der Waals surface area contributed by atoms with E-state index in [-0.39, 0.29) is 41.8 Å². The molecule has 3 N–H and O–H groups in total. The van der Waals surface area contributed by atoms with E-state index >= 15 is 0 Å². The van der Waals surface area contributed by atoms with Gasteiger partial charge in [-0.1, -0.05) is 12.1 Å². The molecule has 1 atom stereocenters. The van der Waals surface area contributed by atoms with E-state index in [9.17, 15) is 9.50 Å². The molecule has 1 aliphatic rings. The number of thiophene rings is 1. The van der Waals surface area contributed by atoms with Gasteiger partial charge >= 0.3 is 0 Å². The van der Waals surface area contributed by atoms with Crippen molar-refractivity contribution in [1.29, 1.82) is 0 Å². The van der Waals surface area contributed by atoms with Crippen LogP contribution in [0.25, 0.3) is 0 Å². The van der Waals surface area contributed by atoms with E-state index in [1.807, 2.05) is 35.9 Å². The molecule has 148 valence electrons. The van der Waals surface area contributed by atoms with Crippen molar-refractivity contribution in [3.63, 3.8) is 0 Å². The van der Waals surface area contributed by atoms with Gasteiger partial charge in [-0.25, -0.2) is 9.38 Å². The summed E-state index contributed by atoms with van der Waals surface area (Å²) in [5.74, 6) is 0.486. The van der Waals surface area contributed by atoms with Crippen LogP contribution in [0, 0.1) is 5.82 Å². The van der Waals surface area contributed by atoms with Crippen LogP contribution in [0.1, 0.15) is 37.8 Å². The first kappa shape index (κ1) is 22.1. The maximum Gasteiger partial charge on any atom is 0.191 e. The molecule has 1 fully saturated rings. The predicted molar refractivity (Wildman–Crippen MR) is 121 cm³/mol. The first-order valence-corrected chi connectivity index (χ1v) is 9.93. The van der Waals surface area contributed by atoms with Crippen LogP contribution in [0.5, 0.6) is 0 Å². The average molecular weight is 503 g/mol. The molecule has 1 aromatic carbocycles. The summed E-state index contributed by atoms with van der Waals surface area (Å²) in [4.78, 5) is 4.57. The highest BCUT2D eigenvalue weighted by Crippen LogP contribution is 2.47. The zero-order chi connectivity index (χ0) is 18.6. The molecule has 0 bridgehead atoms. The standard InChI is InChI=1S/C20H26FN3OS.HI/c1-3-22-18(23-13-19(2,25)16-8-11-26-12-16)24-14-20(9-10-20)15-4-6-17(21)7-5-15;/h4-8,11-12,25H,3,9-10,13-14H2,1-2H3,(H2,22,23,24);1H. The smallest absolute Gasteiger partial charge is 0.191 e. The maximum absolute atomic E-state index is 13.2. The largest absolute Gasteiger partial charge is 0.383 e. The third-order valence-corrected chi connectivity index (χ3v) is 5.62. The summed E-state index contributed by atoms with van der Waals surface area (Å²) >= 11 is 1.57. The molecule has 2 aromatic rings. The number of nitrogens with zero attached hydrogens (tertiary/aromatic N) is 1. The van der Waals surface area contributed by atoms with Crippen molar-refractivity contribution in [3.05, 3.63) is 58.0 Å². The summed E-state index contributed by atoms with van der Waals surface area (Å²) in [7, 11) is 0. The van der Waals surface area contributed by atoms with Crippen molar-refractivity contribution >= 4 is 41.3 Å². The lowest BCUT2D eigenvalue weighted by atomic mass is 9.96. The molecular weight excluding hydrogens is 476 g/mol. The van der Waals surface area contributed by atoms with Crippen LogP contribution in [0.3, 0.4) is 0 Å². The molecule has 1 unspecified atom stereocenters. The highest BCUT2D eigenvalue weighted by atomic mass is 127. The summed E-state index contributed by atoms with van der Waals surface area (Å²) in [6.45, 7) is 5.56. The Morgan fingerprint density at radius 1 is 1.26 bits per heavy atom. The first-order valence-electron chi connectivity index (χ1n) is 8.98. The van der Waals surface area contributed by atoms with Gasteiger partial charge in [0.1, 0.15) is 11.4 Å². The number of hydrogen-bond acceptors (Lipinski definition) is 3. The fourth-order valence-corrected chi connectivity index (χ4v) is 3.79. The number of benzene rings is 1. The lowest BCUT2D eigenvalue weighted by Crippen LogP contribution is -2.42. The van der Waals surface area contributed by atoms with Gasteiger partial charge in [0.2, 0.25) is 0 Å². The van der Waals surface area contributed by atoms with Crippen LogP contribution in [0.2, 0.25) is 0 Å². The summed E-state index contributed by atoms with van der Waals surface area (Å²) < 4.78 is 13.2. The van der Waals surface area contributed by atoms with Gasteiger partial charge in [0.05, 0.1) is 6.54 Å². The van der Waals surface area contributed by atoms with E-state index in [0.717, 1.165) is 37.1 Å². The zero-order valence-corrected chi connectivity index (χ0v) is 18.8.